The fourth-order valence-corrected chi connectivity index (χ4v) is 2.36. The van der Waals surface area contributed by atoms with Crippen LogP contribution in [0.5, 0.6) is 23.0 Å². The lowest BCUT2D eigenvalue weighted by Crippen LogP contribution is -1.99. The average molecular weight is 304 g/mol. The molecule has 0 heterocycles. The first kappa shape index (κ1) is 16.0. The molecule has 0 fully saturated rings. The lowest BCUT2D eigenvalue weighted by Gasteiger charge is -2.17. The second kappa shape index (κ2) is 7.04. The highest BCUT2D eigenvalue weighted by Crippen LogP contribution is 2.42. The van der Waals surface area contributed by atoms with E-state index in [2.05, 4.69) is 0 Å². The zero-order chi connectivity index (χ0) is 16.1. The van der Waals surface area contributed by atoms with Crippen molar-refractivity contribution in [3.8, 4) is 34.1 Å². The highest BCUT2D eigenvalue weighted by atomic mass is 16.5. The summed E-state index contributed by atoms with van der Waals surface area (Å²) in [7, 11) is 6.34. The average Bonchev–Trinajstić information content (AvgIpc) is 2.59. The molecule has 0 bridgehead atoms. The Bertz CT molecular complexity index is 626. The van der Waals surface area contributed by atoms with Gasteiger partial charge in [0.2, 0.25) is 0 Å². The third kappa shape index (κ3) is 2.94. The number of aliphatic hydroxyl groups excluding tert-OH is 1. The normalized spacial score (nSPS) is 10.2. The van der Waals surface area contributed by atoms with E-state index in [-0.39, 0.29) is 6.61 Å². The summed E-state index contributed by atoms with van der Waals surface area (Å²) >= 11 is 0. The number of ether oxygens (including phenoxy) is 4. The molecule has 0 radical (unpaired) electrons. The van der Waals surface area contributed by atoms with Gasteiger partial charge in [-0.25, -0.2) is 0 Å². The number of aliphatic hydroxyl groups is 1. The van der Waals surface area contributed by atoms with Gasteiger partial charge < -0.3 is 24.1 Å². The van der Waals surface area contributed by atoms with Crippen molar-refractivity contribution < 1.29 is 24.1 Å². The summed E-state index contributed by atoms with van der Waals surface area (Å²) in [5, 5.41) is 9.71. The third-order valence-corrected chi connectivity index (χ3v) is 3.46. The minimum absolute atomic E-state index is 0.141. The largest absolute Gasteiger partial charge is 0.497 e. The van der Waals surface area contributed by atoms with Gasteiger partial charge in [-0.05, 0) is 23.8 Å². The van der Waals surface area contributed by atoms with Gasteiger partial charge in [0.25, 0.3) is 0 Å². The van der Waals surface area contributed by atoms with Crippen LogP contribution < -0.4 is 18.9 Å². The van der Waals surface area contributed by atoms with Gasteiger partial charge >= 0.3 is 0 Å². The first-order chi connectivity index (χ1) is 10.7. The van der Waals surface area contributed by atoms with Crippen molar-refractivity contribution in [3.05, 3.63) is 35.9 Å². The zero-order valence-electron chi connectivity index (χ0n) is 13.2. The highest BCUT2D eigenvalue weighted by Gasteiger charge is 2.18. The summed E-state index contributed by atoms with van der Waals surface area (Å²) in [4.78, 5) is 0. The van der Waals surface area contributed by atoms with E-state index in [9.17, 15) is 5.11 Å². The van der Waals surface area contributed by atoms with Crippen LogP contribution in [0.2, 0.25) is 0 Å². The van der Waals surface area contributed by atoms with Crippen LogP contribution in [-0.4, -0.2) is 33.5 Å². The third-order valence-electron chi connectivity index (χ3n) is 3.46. The molecule has 0 spiro atoms. The summed E-state index contributed by atoms with van der Waals surface area (Å²) in [5.41, 5.74) is 2.27. The SMILES string of the molecule is COc1ccc(-c2c(CO)cc(OC)cc2OC)c(OC)c1. The molecule has 0 saturated carbocycles. The van der Waals surface area contributed by atoms with Crippen molar-refractivity contribution in [1.82, 2.24) is 0 Å². The van der Waals surface area contributed by atoms with Gasteiger partial charge in [-0.2, -0.15) is 0 Å². The maximum Gasteiger partial charge on any atom is 0.130 e. The molecule has 0 aromatic heterocycles. The summed E-state index contributed by atoms with van der Waals surface area (Å²) in [5.74, 6) is 2.56. The molecular formula is C17H20O5. The van der Waals surface area contributed by atoms with Crippen LogP contribution in [0.15, 0.2) is 30.3 Å². The van der Waals surface area contributed by atoms with Crippen LogP contribution in [0.25, 0.3) is 11.1 Å². The van der Waals surface area contributed by atoms with Crippen LogP contribution in [0.4, 0.5) is 0 Å². The van der Waals surface area contributed by atoms with E-state index >= 15 is 0 Å². The Kier molecular flexibility index (Phi) is 5.12. The van der Waals surface area contributed by atoms with Gasteiger partial charge in [-0.1, -0.05) is 0 Å². The van der Waals surface area contributed by atoms with E-state index < -0.39 is 0 Å². The molecule has 118 valence electrons. The van der Waals surface area contributed by atoms with Gasteiger partial charge in [-0.3, -0.25) is 0 Å². The maximum absolute atomic E-state index is 9.71. The summed E-state index contributed by atoms with van der Waals surface area (Å²) < 4.78 is 21.4. The number of hydrogen-bond acceptors (Lipinski definition) is 5. The fourth-order valence-electron chi connectivity index (χ4n) is 2.36. The molecule has 2 aromatic carbocycles. The van der Waals surface area contributed by atoms with Crippen molar-refractivity contribution in [3.63, 3.8) is 0 Å². The van der Waals surface area contributed by atoms with Crippen molar-refractivity contribution in [2.75, 3.05) is 28.4 Å². The Balaban J connectivity index is 2.70. The first-order valence-corrected chi connectivity index (χ1v) is 6.76. The Hall–Kier alpha value is -2.40. The summed E-state index contributed by atoms with van der Waals surface area (Å²) in [6.07, 6.45) is 0. The Morgan fingerprint density at radius 1 is 0.773 bits per heavy atom. The van der Waals surface area contributed by atoms with Gasteiger partial charge in [0.15, 0.2) is 0 Å². The lowest BCUT2D eigenvalue weighted by molar-refractivity contribution is 0.280. The maximum atomic E-state index is 9.71. The molecule has 0 aliphatic carbocycles. The van der Waals surface area contributed by atoms with Crippen molar-refractivity contribution >= 4 is 0 Å². The summed E-state index contributed by atoms with van der Waals surface area (Å²) in [6, 6.07) is 9.06. The molecule has 5 heteroatoms. The fraction of sp³-hybridized carbons (Fsp3) is 0.294. The number of benzene rings is 2. The minimum atomic E-state index is -0.141. The van der Waals surface area contributed by atoms with Crippen LogP contribution >= 0.6 is 0 Å². The van der Waals surface area contributed by atoms with Crippen LogP contribution in [0.3, 0.4) is 0 Å². The van der Waals surface area contributed by atoms with E-state index in [0.717, 1.165) is 11.1 Å². The second-order valence-corrected chi connectivity index (χ2v) is 4.59. The molecule has 22 heavy (non-hydrogen) atoms. The molecule has 0 atom stereocenters. The standard InChI is InChI=1S/C17H20O5/c1-19-12-5-6-14(15(8-12)21-3)17-11(10-18)7-13(20-2)9-16(17)22-4/h5-9,18H,10H2,1-4H3. The molecule has 0 amide bonds. The second-order valence-electron chi connectivity index (χ2n) is 4.59. The van der Waals surface area contributed by atoms with Gasteiger partial charge in [-0.15, -0.1) is 0 Å². The Morgan fingerprint density at radius 2 is 1.41 bits per heavy atom. The van der Waals surface area contributed by atoms with Crippen molar-refractivity contribution in [2.24, 2.45) is 0 Å². The molecule has 2 rings (SSSR count). The Morgan fingerprint density at radius 3 is 1.95 bits per heavy atom. The number of methoxy groups -OCH3 is 4. The van der Waals surface area contributed by atoms with E-state index in [0.29, 0.717) is 28.6 Å². The van der Waals surface area contributed by atoms with Crippen LogP contribution in [-0.2, 0) is 6.61 Å². The Labute approximate surface area is 130 Å². The smallest absolute Gasteiger partial charge is 0.130 e. The van der Waals surface area contributed by atoms with Crippen molar-refractivity contribution in [1.29, 1.82) is 0 Å². The van der Waals surface area contributed by atoms with E-state index in [4.69, 9.17) is 18.9 Å². The molecule has 2 aromatic rings. The van der Waals surface area contributed by atoms with Crippen LogP contribution in [0.1, 0.15) is 5.56 Å². The van der Waals surface area contributed by atoms with E-state index in [1.807, 2.05) is 12.1 Å². The number of rotatable bonds is 6. The van der Waals surface area contributed by atoms with Gasteiger partial charge in [0.1, 0.15) is 23.0 Å². The van der Waals surface area contributed by atoms with Gasteiger partial charge in [0, 0.05) is 23.3 Å². The van der Waals surface area contributed by atoms with Crippen molar-refractivity contribution in [2.45, 2.75) is 6.61 Å². The quantitative estimate of drug-likeness (QED) is 0.889. The van der Waals surface area contributed by atoms with E-state index in [1.165, 1.54) is 0 Å². The van der Waals surface area contributed by atoms with Crippen LogP contribution in [0, 0.1) is 0 Å². The predicted octanol–water partition coefficient (Wildman–Crippen LogP) is 2.88. The predicted molar refractivity (Wildman–Crippen MR) is 84.0 cm³/mol. The van der Waals surface area contributed by atoms with E-state index in [1.54, 1.807) is 46.6 Å². The molecule has 1 N–H and O–H groups in total. The molecule has 0 aliphatic rings. The first-order valence-electron chi connectivity index (χ1n) is 6.76. The van der Waals surface area contributed by atoms with Gasteiger partial charge in [0.05, 0.1) is 35.0 Å². The topological polar surface area (TPSA) is 57.2 Å². The molecule has 0 aliphatic heterocycles. The lowest BCUT2D eigenvalue weighted by atomic mass is 9.97. The summed E-state index contributed by atoms with van der Waals surface area (Å²) in [6.45, 7) is -0.141. The molecule has 0 saturated heterocycles. The molecular weight excluding hydrogens is 284 g/mol. The molecule has 0 unspecified atom stereocenters. The minimum Gasteiger partial charge on any atom is -0.497 e. The molecule has 5 nitrogen and oxygen atoms in total. The highest BCUT2D eigenvalue weighted by molar-refractivity contribution is 5.80. The number of hydrogen-bond donors (Lipinski definition) is 1. The monoisotopic (exact) mass is 304 g/mol. The zero-order valence-corrected chi connectivity index (χ0v) is 13.2.